The van der Waals surface area contributed by atoms with E-state index in [4.69, 9.17) is 14.2 Å². The summed E-state index contributed by atoms with van der Waals surface area (Å²) in [6.07, 6.45) is 0. The molecule has 3 rings (SSSR count). The van der Waals surface area contributed by atoms with Crippen molar-refractivity contribution in [2.75, 3.05) is 47.5 Å². The molecule has 2 aromatic rings. The highest BCUT2D eigenvalue weighted by Gasteiger charge is 2.18. The molecule has 1 saturated heterocycles. The van der Waals surface area contributed by atoms with E-state index in [1.54, 1.807) is 21.3 Å². The van der Waals surface area contributed by atoms with Gasteiger partial charge in [0.25, 0.3) is 0 Å². The second-order valence-electron chi connectivity index (χ2n) is 6.58. The molecule has 5 nitrogen and oxygen atoms in total. The number of rotatable bonds is 7. The standard InChI is InChI=1S/C21H28N2O3/c1-24-19-6-4-5-17(13-19)15-22-9-11-23(12-10-22)16-18-14-20(25-2)7-8-21(18)26-3/h4-8,13-14H,9-12,15-16H2,1-3H3. The van der Waals surface area contributed by atoms with Crippen LogP contribution in [0, 0.1) is 0 Å². The minimum atomic E-state index is 0.873. The van der Waals surface area contributed by atoms with Gasteiger partial charge in [0.2, 0.25) is 0 Å². The Bertz CT molecular complexity index is 712. The maximum atomic E-state index is 5.50. The number of benzene rings is 2. The number of methoxy groups -OCH3 is 3. The second kappa shape index (κ2) is 8.92. The highest BCUT2D eigenvalue weighted by Crippen LogP contribution is 2.26. The Morgan fingerprint density at radius 1 is 0.731 bits per heavy atom. The third-order valence-corrected chi connectivity index (χ3v) is 4.89. The van der Waals surface area contributed by atoms with E-state index in [2.05, 4.69) is 34.1 Å². The SMILES string of the molecule is COc1cccc(CN2CCN(Cc3cc(OC)ccc3OC)CC2)c1. The van der Waals surface area contributed by atoms with Crippen LogP contribution in [0.5, 0.6) is 17.2 Å². The molecular formula is C21H28N2O3. The molecule has 5 heteroatoms. The number of piperazine rings is 1. The molecular weight excluding hydrogens is 328 g/mol. The Morgan fingerprint density at radius 3 is 2.04 bits per heavy atom. The molecule has 0 amide bonds. The lowest BCUT2D eigenvalue weighted by atomic mass is 10.1. The van der Waals surface area contributed by atoms with E-state index < -0.39 is 0 Å². The Hall–Kier alpha value is -2.24. The van der Waals surface area contributed by atoms with E-state index >= 15 is 0 Å². The molecule has 0 aliphatic carbocycles. The van der Waals surface area contributed by atoms with Crippen molar-refractivity contribution < 1.29 is 14.2 Å². The van der Waals surface area contributed by atoms with Crippen molar-refractivity contribution >= 4 is 0 Å². The van der Waals surface area contributed by atoms with Crippen molar-refractivity contribution in [3.05, 3.63) is 53.6 Å². The number of hydrogen-bond donors (Lipinski definition) is 0. The minimum absolute atomic E-state index is 0.873. The normalized spacial score (nSPS) is 15.7. The minimum Gasteiger partial charge on any atom is -0.497 e. The van der Waals surface area contributed by atoms with E-state index in [1.807, 2.05) is 18.2 Å². The van der Waals surface area contributed by atoms with Crippen LogP contribution < -0.4 is 14.2 Å². The zero-order valence-corrected chi connectivity index (χ0v) is 15.9. The summed E-state index contributed by atoms with van der Waals surface area (Å²) in [6.45, 7) is 6.06. The summed E-state index contributed by atoms with van der Waals surface area (Å²) < 4.78 is 16.2. The Labute approximate surface area is 156 Å². The van der Waals surface area contributed by atoms with E-state index in [0.717, 1.165) is 56.5 Å². The molecule has 1 aliphatic rings. The van der Waals surface area contributed by atoms with Crippen LogP contribution in [0.2, 0.25) is 0 Å². The fourth-order valence-electron chi connectivity index (χ4n) is 3.38. The molecule has 0 saturated carbocycles. The summed E-state index contributed by atoms with van der Waals surface area (Å²) >= 11 is 0. The molecule has 1 fully saturated rings. The predicted molar refractivity (Wildman–Crippen MR) is 103 cm³/mol. The topological polar surface area (TPSA) is 34.2 Å². The summed E-state index contributed by atoms with van der Waals surface area (Å²) in [5, 5.41) is 0. The Balaban J connectivity index is 1.55. The summed E-state index contributed by atoms with van der Waals surface area (Å²) in [7, 11) is 5.13. The molecule has 2 aromatic carbocycles. The average Bonchev–Trinajstić information content (AvgIpc) is 2.69. The van der Waals surface area contributed by atoms with Crippen molar-refractivity contribution in [1.82, 2.24) is 9.80 Å². The van der Waals surface area contributed by atoms with Gasteiger partial charge in [0.05, 0.1) is 21.3 Å². The van der Waals surface area contributed by atoms with E-state index in [1.165, 1.54) is 11.1 Å². The fraction of sp³-hybridized carbons (Fsp3) is 0.429. The van der Waals surface area contributed by atoms with Crippen molar-refractivity contribution in [2.45, 2.75) is 13.1 Å². The van der Waals surface area contributed by atoms with Gasteiger partial charge in [0.1, 0.15) is 17.2 Å². The highest BCUT2D eigenvalue weighted by molar-refractivity contribution is 5.40. The lowest BCUT2D eigenvalue weighted by molar-refractivity contribution is 0.121. The summed E-state index contributed by atoms with van der Waals surface area (Å²) in [5.41, 5.74) is 2.47. The molecule has 26 heavy (non-hydrogen) atoms. The largest absolute Gasteiger partial charge is 0.497 e. The fourth-order valence-corrected chi connectivity index (χ4v) is 3.38. The van der Waals surface area contributed by atoms with Crippen molar-refractivity contribution in [3.63, 3.8) is 0 Å². The first-order valence-corrected chi connectivity index (χ1v) is 9.00. The van der Waals surface area contributed by atoms with Crippen LogP contribution in [0.15, 0.2) is 42.5 Å². The van der Waals surface area contributed by atoms with Crippen LogP contribution in [-0.2, 0) is 13.1 Å². The Morgan fingerprint density at radius 2 is 1.38 bits per heavy atom. The first-order chi connectivity index (χ1) is 12.7. The molecule has 0 atom stereocenters. The van der Waals surface area contributed by atoms with Crippen LogP contribution in [0.1, 0.15) is 11.1 Å². The molecule has 0 N–H and O–H groups in total. The molecule has 1 aliphatic heterocycles. The maximum Gasteiger partial charge on any atom is 0.123 e. The quantitative estimate of drug-likeness (QED) is 0.762. The number of ether oxygens (including phenoxy) is 3. The van der Waals surface area contributed by atoms with Gasteiger partial charge in [-0.3, -0.25) is 9.80 Å². The zero-order chi connectivity index (χ0) is 18.4. The van der Waals surface area contributed by atoms with Gasteiger partial charge in [-0.05, 0) is 35.9 Å². The van der Waals surface area contributed by atoms with Gasteiger partial charge < -0.3 is 14.2 Å². The van der Waals surface area contributed by atoms with E-state index in [-0.39, 0.29) is 0 Å². The predicted octanol–water partition coefficient (Wildman–Crippen LogP) is 3.03. The molecule has 140 valence electrons. The maximum absolute atomic E-state index is 5.50. The first-order valence-electron chi connectivity index (χ1n) is 9.00. The third kappa shape index (κ3) is 4.68. The van der Waals surface area contributed by atoms with Crippen LogP contribution >= 0.6 is 0 Å². The third-order valence-electron chi connectivity index (χ3n) is 4.89. The summed E-state index contributed by atoms with van der Waals surface area (Å²) in [5.74, 6) is 2.72. The number of nitrogens with zero attached hydrogens (tertiary/aromatic N) is 2. The molecule has 0 radical (unpaired) electrons. The van der Waals surface area contributed by atoms with E-state index in [0.29, 0.717) is 0 Å². The van der Waals surface area contributed by atoms with Gasteiger partial charge in [-0.1, -0.05) is 12.1 Å². The molecule has 0 spiro atoms. The molecule has 1 heterocycles. The summed E-state index contributed by atoms with van der Waals surface area (Å²) in [4.78, 5) is 4.97. The lowest BCUT2D eigenvalue weighted by Crippen LogP contribution is -2.45. The number of hydrogen-bond acceptors (Lipinski definition) is 5. The summed E-state index contributed by atoms with van der Waals surface area (Å²) in [6, 6.07) is 14.3. The van der Waals surface area contributed by atoms with Crippen LogP contribution in [-0.4, -0.2) is 57.3 Å². The molecule has 0 aromatic heterocycles. The molecule has 0 unspecified atom stereocenters. The van der Waals surface area contributed by atoms with Crippen molar-refractivity contribution in [3.8, 4) is 17.2 Å². The van der Waals surface area contributed by atoms with E-state index in [9.17, 15) is 0 Å². The average molecular weight is 356 g/mol. The second-order valence-corrected chi connectivity index (χ2v) is 6.58. The highest BCUT2D eigenvalue weighted by atomic mass is 16.5. The van der Waals surface area contributed by atoms with Gasteiger partial charge in [-0.15, -0.1) is 0 Å². The molecule has 0 bridgehead atoms. The van der Waals surface area contributed by atoms with Crippen molar-refractivity contribution in [1.29, 1.82) is 0 Å². The van der Waals surface area contributed by atoms with Gasteiger partial charge in [-0.25, -0.2) is 0 Å². The van der Waals surface area contributed by atoms with Crippen LogP contribution in [0.25, 0.3) is 0 Å². The van der Waals surface area contributed by atoms with Gasteiger partial charge in [0.15, 0.2) is 0 Å². The Kier molecular flexibility index (Phi) is 6.36. The smallest absolute Gasteiger partial charge is 0.123 e. The van der Waals surface area contributed by atoms with Crippen LogP contribution in [0.4, 0.5) is 0 Å². The first kappa shape index (κ1) is 18.5. The van der Waals surface area contributed by atoms with Gasteiger partial charge in [-0.2, -0.15) is 0 Å². The van der Waals surface area contributed by atoms with Gasteiger partial charge in [0, 0.05) is 44.8 Å². The van der Waals surface area contributed by atoms with Gasteiger partial charge >= 0.3 is 0 Å². The lowest BCUT2D eigenvalue weighted by Gasteiger charge is -2.35. The van der Waals surface area contributed by atoms with Crippen molar-refractivity contribution in [2.24, 2.45) is 0 Å². The van der Waals surface area contributed by atoms with Crippen LogP contribution in [0.3, 0.4) is 0 Å². The zero-order valence-electron chi connectivity index (χ0n) is 15.9. The monoisotopic (exact) mass is 356 g/mol.